The van der Waals surface area contributed by atoms with E-state index in [1.807, 2.05) is 19.1 Å². The van der Waals surface area contributed by atoms with Gasteiger partial charge in [-0.15, -0.1) is 0 Å². The van der Waals surface area contributed by atoms with E-state index < -0.39 is 6.04 Å². The van der Waals surface area contributed by atoms with Gasteiger partial charge in [-0.3, -0.25) is 0 Å². The number of aryl methyl sites for hydroxylation is 1. The molecule has 2 aromatic rings. The smallest absolute Gasteiger partial charge is 0.157 e. The molecule has 0 aliphatic heterocycles. The van der Waals surface area contributed by atoms with Gasteiger partial charge in [-0.2, -0.15) is 9.61 Å². The predicted molar refractivity (Wildman–Crippen MR) is 59.3 cm³/mol. The van der Waals surface area contributed by atoms with E-state index in [9.17, 15) is 0 Å². The summed E-state index contributed by atoms with van der Waals surface area (Å²) in [5, 5.41) is 25.1. The number of aromatic nitrogens is 3. The van der Waals surface area contributed by atoms with Crippen LogP contribution in [0.4, 0.5) is 5.82 Å². The van der Waals surface area contributed by atoms with Gasteiger partial charge in [-0.05, 0) is 24.6 Å². The van der Waals surface area contributed by atoms with Gasteiger partial charge < -0.3 is 15.5 Å². The van der Waals surface area contributed by atoms with Crippen molar-refractivity contribution < 1.29 is 10.2 Å². The number of aliphatic hydroxyl groups is 2. The van der Waals surface area contributed by atoms with Crippen LogP contribution in [-0.4, -0.2) is 44.1 Å². The van der Waals surface area contributed by atoms with Crippen LogP contribution in [-0.2, 0) is 0 Å². The molecule has 0 radical (unpaired) electrons. The minimum absolute atomic E-state index is 0.138. The summed E-state index contributed by atoms with van der Waals surface area (Å²) >= 11 is 0. The maximum Gasteiger partial charge on any atom is 0.157 e. The molecule has 0 aliphatic rings. The Morgan fingerprint density at radius 2 is 2.12 bits per heavy atom. The fourth-order valence-corrected chi connectivity index (χ4v) is 1.52. The molecule has 0 fully saturated rings. The van der Waals surface area contributed by atoms with E-state index in [1.165, 1.54) is 6.33 Å². The predicted octanol–water partition coefficient (Wildman–Crippen LogP) is -0.197. The summed E-state index contributed by atoms with van der Waals surface area (Å²) in [4.78, 5) is 4.09. The van der Waals surface area contributed by atoms with Crippen molar-refractivity contribution >= 4 is 11.5 Å². The fraction of sp³-hybridized carbons (Fsp3) is 0.400. The fourth-order valence-electron chi connectivity index (χ4n) is 1.52. The third-order valence-corrected chi connectivity index (χ3v) is 2.32. The largest absolute Gasteiger partial charge is 0.394 e. The van der Waals surface area contributed by atoms with Crippen molar-refractivity contribution in [2.75, 3.05) is 18.5 Å². The van der Waals surface area contributed by atoms with Gasteiger partial charge in [-0.1, -0.05) is 0 Å². The Morgan fingerprint density at radius 3 is 2.81 bits per heavy atom. The Morgan fingerprint density at radius 1 is 1.38 bits per heavy atom. The first-order chi connectivity index (χ1) is 7.74. The van der Waals surface area contributed by atoms with Crippen molar-refractivity contribution in [1.29, 1.82) is 0 Å². The molecular formula is C10H14N4O2. The van der Waals surface area contributed by atoms with Gasteiger partial charge in [0.25, 0.3) is 0 Å². The molecule has 0 aliphatic carbocycles. The van der Waals surface area contributed by atoms with Gasteiger partial charge in [0.1, 0.15) is 12.1 Å². The van der Waals surface area contributed by atoms with Crippen molar-refractivity contribution in [3.63, 3.8) is 0 Å². The zero-order valence-corrected chi connectivity index (χ0v) is 8.96. The van der Waals surface area contributed by atoms with Crippen LogP contribution < -0.4 is 5.32 Å². The number of pyridine rings is 1. The van der Waals surface area contributed by atoms with E-state index >= 15 is 0 Å². The van der Waals surface area contributed by atoms with E-state index in [2.05, 4.69) is 15.4 Å². The second-order valence-corrected chi connectivity index (χ2v) is 3.65. The molecule has 6 nitrogen and oxygen atoms in total. The number of nitrogens with one attached hydrogen (secondary N) is 1. The summed E-state index contributed by atoms with van der Waals surface area (Å²) in [5.41, 5.74) is 1.77. The maximum absolute atomic E-state index is 9.01. The van der Waals surface area contributed by atoms with Crippen LogP contribution in [0.25, 0.3) is 5.65 Å². The average molecular weight is 222 g/mol. The number of anilines is 1. The van der Waals surface area contributed by atoms with Gasteiger partial charge in [0.2, 0.25) is 0 Å². The van der Waals surface area contributed by atoms with Crippen LogP contribution >= 0.6 is 0 Å². The Hall–Kier alpha value is -1.66. The molecule has 16 heavy (non-hydrogen) atoms. The van der Waals surface area contributed by atoms with Crippen LogP contribution in [0.3, 0.4) is 0 Å². The van der Waals surface area contributed by atoms with Crippen molar-refractivity contribution in [1.82, 2.24) is 14.6 Å². The normalized spacial score (nSPS) is 11.2. The SMILES string of the molecule is Cc1cc(NC(CO)CO)n2ncnc2c1. The highest BCUT2D eigenvalue weighted by Gasteiger charge is 2.09. The highest BCUT2D eigenvalue weighted by Crippen LogP contribution is 2.13. The van der Waals surface area contributed by atoms with Crippen LogP contribution in [0.5, 0.6) is 0 Å². The molecule has 0 saturated carbocycles. The van der Waals surface area contributed by atoms with Gasteiger partial charge in [-0.25, -0.2) is 4.98 Å². The molecule has 2 aromatic heterocycles. The van der Waals surface area contributed by atoms with Crippen molar-refractivity contribution in [2.45, 2.75) is 13.0 Å². The molecule has 2 heterocycles. The Labute approximate surface area is 92.6 Å². The molecule has 0 bridgehead atoms. The lowest BCUT2D eigenvalue weighted by atomic mass is 10.2. The van der Waals surface area contributed by atoms with E-state index in [1.54, 1.807) is 4.52 Å². The summed E-state index contributed by atoms with van der Waals surface area (Å²) in [6.07, 6.45) is 1.47. The molecular weight excluding hydrogens is 208 g/mol. The van der Waals surface area contributed by atoms with Crippen molar-refractivity contribution in [2.24, 2.45) is 0 Å². The third-order valence-electron chi connectivity index (χ3n) is 2.32. The molecule has 3 N–H and O–H groups in total. The first-order valence-electron chi connectivity index (χ1n) is 5.03. The highest BCUT2D eigenvalue weighted by molar-refractivity contribution is 5.51. The molecule has 0 spiro atoms. The molecule has 0 aromatic carbocycles. The lowest BCUT2D eigenvalue weighted by Gasteiger charge is -2.15. The van der Waals surface area contributed by atoms with Gasteiger partial charge in [0.05, 0.1) is 19.3 Å². The average Bonchev–Trinajstić information content (AvgIpc) is 2.73. The summed E-state index contributed by atoms with van der Waals surface area (Å²) in [6.45, 7) is 1.67. The standard InChI is InChI=1S/C10H14N4O2/c1-7-2-9-11-6-12-14(9)10(3-7)13-8(4-15)5-16/h2-3,6,8,13,15-16H,4-5H2,1H3. The van der Waals surface area contributed by atoms with E-state index in [4.69, 9.17) is 10.2 Å². The molecule has 0 atom stereocenters. The number of hydrogen-bond donors (Lipinski definition) is 3. The summed E-state index contributed by atoms with van der Waals surface area (Å²) in [7, 11) is 0. The number of hydrogen-bond acceptors (Lipinski definition) is 5. The van der Waals surface area contributed by atoms with E-state index in [-0.39, 0.29) is 13.2 Å². The highest BCUT2D eigenvalue weighted by atomic mass is 16.3. The summed E-state index contributed by atoms with van der Waals surface area (Å²) in [6, 6.07) is 3.40. The van der Waals surface area contributed by atoms with E-state index in [0.29, 0.717) is 5.82 Å². The lowest BCUT2D eigenvalue weighted by molar-refractivity contribution is 0.203. The monoisotopic (exact) mass is 222 g/mol. The topological polar surface area (TPSA) is 82.7 Å². The minimum Gasteiger partial charge on any atom is -0.394 e. The Bertz CT molecular complexity index is 479. The molecule has 0 saturated heterocycles. The third kappa shape index (κ3) is 1.98. The van der Waals surface area contributed by atoms with Crippen LogP contribution in [0.15, 0.2) is 18.5 Å². The first kappa shape index (κ1) is 10.8. The first-order valence-corrected chi connectivity index (χ1v) is 5.03. The molecule has 2 rings (SSSR count). The summed E-state index contributed by atoms with van der Waals surface area (Å²) in [5.74, 6) is 0.709. The number of fused-ring (bicyclic) bond motifs is 1. The van der Waals surface area contributed by atoms with Crippen molar-refractivity contribution in [3.05, 3.63) is 24.0 Å². The molecule has 86 valence electrons. The van der Waals surface area contributed by atoms with Gasteiger partial charge in [0, 0.05) is 0 Å². The summed E-state index contributed by atoms with van der Waals surface area (Å²) < 4.78 is 1.63. The van der Waals surface area contributed by atoms with Gasteiger partial charge >= 0.3 is 0 Å². The zero-order valence-electron chi connectivity index (χ0n) is 8.96. The molecule has 0 amide bonds. The van der Waals surface area contributed by atoms with Crippen LogP contribution in [0.1, 0.15) is 5.56 Å². The number of nitrogens with zero attached hydrogens (tertiary/aromatic N) is 3. The Balaban J connectivity index is 2.38. The lowest BCUT2D eigenvalue weighted by Crippen LogP contribution is -2.28. The molecule has 6 heteroatoms. The molecule has 0 unspecified atom stereocenters. The van der Waals surface area contributed by atoms with Gasteiger partial charge in [0.15, 0.2) is 5.65 Å². The van der Waals surface area contributed by atoms with Crippen LogP contribution in [0.2, 0.25) is 0 Å². The van der Waals surface area contributed by atoms with E-state index in [0.717, 1.165) is 11.2 Å². The minimum atomic E-state index is -0.394. The second-order valence-electron chi connectivity index (χ2n) is 3.65. The second kappa shape index (κ2) is 4.46. The zero-order chi connectivity index (χ0) is 11.5. The van der Waals surface area contributed by atoms with Crippen molar-refractivity contribution in [3.8, 4) is 0 Å². The van der Waals surface area contributed by atoms with Crippen LogP contribution in [0, 0.1) is 6.92 Å². The number of aliphatic hydroxyl groups excluding tert-OH is 2. The Kier molecular flexibility index (Phi) is 3.02. The quantitative estimate of drug-likeness (QED) is 0.667. The number of rotatable bonds is 4. The maximum atomic E-state index is 9.01.